The molecule has 2 aromatic rings. The average molecular weight is 298 g/mol. The number of nitrogens with one attached hydrogen (secondary N) is 1. The smallest absolute Gasteiger partial charge is 0.124 e. The quantitative estimate of drug-likeness (QED) is 0.921. The molecule has 1 aliphatic heterocycles. The molecule has 0 amide bonds. The summed E-state index contributed by atoms with van der Waals surface area (Å²) >= 11 is 0. The molecule has 22 heavy (non-hydrogen) atoms. The number of aromatic nitrogens is 1. The van der Waals surface area contributed by atoms with Crippen molar-refractivity contribution in [2.45, 2.75) is 25.3 Å². The van der Waals surface area contributed by atoms with Crippen molar-refractivity contribution in [3.05, 3.63) is 53.9 Å². The van der Waals surface area contributed by atoms with Crippen LogP contribution in [-0.4, -0.2) is 25.2 Å². The van der Waals surface area contributed by atoms with Gasteiger partial charge in [0.1, 0.15) is 11.5 Å². The molecule has 1 aliphatic rings. The van der Waals surface area contributed by atoms with Gasteiger partial charge in [-0.1, -0.05) is 6.07 Å². The van der Waals surface area contributed by atoms with E-state index in [4.69, 9.17) is 9.47 Å². The zero-order valence-corrected chi connectivity index (χ0v) is 12.9. The van der Waals surface area contributed by atoms with Crippen LogP contribution in [-0.2, 0) is 6.42 Å². The van der Waals surface area contributed by atoms with E-state index in [0.717, 1.165) is 49.6 Å². The van der Waals surface area contributed by atoms with Gasteiger partial charge in [0.05, 0.1) is 13.7 Å². The van der Waals surface area contributed by atoms with Crippen LogP contribution in [0, 0.1) is 0 Å². The summed E-state index contributed by atoms with van der Waals surface area (Å²) in [6, 6.07) is 12.4. The number of hydrogen-bond acceptors (Lipinski definition) is 4. The number of benzene rings is 1. The van der Waals surface area contributed by atoms with Crippen molar-refractivity contribution in [1.82, 2.24) is 10.3 Å². The molecule has 0 saturated carbocycles. The maximum absolute atomic E-state index is 5.83. The van der Waals surface area contributed by atoms with Crippen molar-refractivity contribution in [3.8, 4) is 11.5 Å². The van der Waals surface area contributed by atoms with Crippen LogP contribution in [0.1, 0.15) is 30.1 Å². The van der Waals surface area contributed by atoms with E-state index in [1.165, 1.54) is 5.56 Å². The first-order chi connectivity index (χ1) is 10.9. The molecule has 116 valence electrons. The zero-order valence-electron chi connectivity index (χ0n) is 12.9. The minimum atomic E-state index is 0.302. The number of pyridine rings is 1. The van der Waals surface area contributed by atoms with Crippen molar-refractivity contribution in [1.29, 1.82) is 0 Å². The van der Waals surface area contributed by atoms with Gasteiger partial charge >= 0.3 is 0 Å². The van der Waals surface area contributed by atoms with Crippen LogP contribution in [0.3, 0.4) is 0 Å². The van der Waals surface area contributed by atoms with Crippen LogP contribution in [0.15, 0.2) is 42.6 Å². The third kappa shape index (κ3) is 3.57. The lowest BCUT2D eigenvalue weighted by Gasteiger charge is -2.19. The van der Waals surface area contributed by atoms with Crippen LogP contribution < -0.4 is 14.8 Å². The molecule has 0 bridgehead atoms. The predicted molar refractivity (Wildman–Crippen MR) is 86.4 cm³/mol. The van der Waals surface area contributed by atoms with Crippen LogP contribution in [0.2, 0.25) is 0 Å². The van der Waals surface area contributed by atoms with E-state index in [2.05, 4.69) is 22.4 Å². The first-order valence-electron chi connectivity index (χ1n) is 7.81. The van der Waals surface area contributed by atoms with E-state index in [0.29, 0.717) is 6.04 Å². The lowest BCUT2D eigenvalue weighted by atomic mass is 10.0. The highest BCUT2D eigenvalue weighted by Crippen LogP contribution is 2.34. The van der Waals surface area contributed by atoms with Crippen molar-refractivity contribution < 1.29 is 9.47 Å². The molecular weight excluding hydrogens is 276 g/mol. The number of ether oxygens (including phenoxy) is 2. The lowest BCUT2D eigenvalue weighted by molar-refractivity contribution is 0.314. The van der Waals surface area contributed by atoms with Gasteiger partial charge < -0.3 is 14.8 Å². The summed E-state index contributed by atoms with van der Waals surface area (Å²) in [5.41, 5.74) is 2.31. The number of rotatable bonds is 5. The summed E-state index contributed by atoms with van der Waals surface area (Å²) in [5, 5.41) is 3.64. The van der Waals surface area contributed by atoms with E-state index < -0.39 is 0 Å². The van der Waals surface area contributed by atoms with Crippen LogP contribution in [0.5, 0.6) is 11.5 Å². The highest BCUT2D eigenvalue weighted by Gasteiger charge is 2.20. The molecule has 3 rings (SSSR count). The Morgan fingerprint density at radius 1 is 1.32 bits per heavy atom. The summed E-state index contributed by atoms with van der Waals surface area (Å²) in [6.07, 6.45) is 4.90. The van der Waals surface area contributed by atoms with E-state index in [1.54, 1.807) is 7.11 Å². The molecule has 0 unspecified atom stereocenters. The Morgan fingerprint density at radius 2 is 2.27 bits per heavy atom. The maximum atomic E-state index is 5.83. The Bertz CT molecular complexity index is 601. The summed E-state index contributed by atoms with van der Waals surface area (Å²) < 4.78 is 11.2. The van der Waals surface area contributed by atoms with Gasteiger partial charge in [-0.25, -0.2) is 0 Å². The van der Waals surface area contributed by atoms with Gasteiger partial charge in [-0.2, -0.15) is 0 Å². The highest BCUT2D eigenvalue weighted by atomic mass is 16.5. The normalized spacial score (nSPS) is 17.2. The lowest BCUT2D eigenvalue weighted by Crippen LogP contribution is -2.23. The molecule has 0 radical (unpaired) electrons. The summed E-state index contributed by atoms with van der Waals surface area (Å²) in [6.45, 7) is 1.68. The predicted octanol–water partition coefficient (Wildman–Crippen LogP) is 3.14. The minimum Gasteiger partial charge on any atom is -0.497 e. The molecular formula is C18H22N2O2. The average Bonchev–Trinajstić information content (AvgIpc) is 2.78. The van der Waals surface area contributed by atoms with Gasteiger partial charge in [-0.3, -0.25) is 4.98 Å². The molecule has 1 aromatic heterocycles. The summed E-state index contributed by atoms with van der Waals surface area (Å²) in [7, 11) is 1.70. The Balaban J connectivity index is 1.68. The van der Waals surface area contributed by atoms with E-state index in [-0.39, 0.29) is 0 Å². The molecule has 4 nitrogen and oxygen atoms in total. The molecule has 0 saturated heterocycles. The monoisotopic (exact) mass is 298 g/mol. The second kappa shape index (κ2) is 7.27. The molecule has 0 spiro atoms. The fourth-order valence-electron chi connectivity index (χ4n) is 2.81. The maximum Gasteiger partial charge on any atom is 0.124 e. The second-order valence-corrected chi connectivity index (χ2v) is 5.47. The highest BCUT2D eigenvalue weighted by molar-refractivity contribution is 5.42. The standard InChI is InChI=1S/C18H22N2O2/c1-21-15-7-8-18-16(13-15)17(6-4-12-22-18)20-11-9-14-5-2-3-10-19-14/h2-3,5,7-8,10,13,17,20H,4,6,9,11-12H2,1H3/t17-/m1/s1. The Kier molecular flexibility index (Phi) is 4.91. The van der Waals surface area contributed by atoms with Gasteiger partial charge in [0.25, 0.3) is 0 Å². The molecule has 1 atom stereocenters. The van der Waals surface area contributed by atoms with Gasteiger partial charge in [-0.15, -0.1) is 0 Å². The largest absolute Gasteiger partial charge is 0.497 e. The molecule has 0 fully saturated rings. The van der Waals surface area contributed by atoms with E-state index in [9.17, 15) is 0 Å². The summed E-state index contributed by atoms with van der Waals surface area (Å²) in [5.74, 6) is 1.84. The molecule has 1 N–H and O–H groups in total. The van der Waals surface area contributed by atoms with Crippen LogP contribution >= 0.6 is 0 Å². The first-order valence-corrected chi connectivity index (χ1v) is 7.81. The Labute approximate surface area is 131 Å². The van der Waals surface area contributed by atoms with Crippen molar-refractivity contribution >= 4 is 0 Å². The summed E-state index contributed by atoms with van der Waals surface area (Å²) in [4.78, 5) is 4.37. The molecule has 2 heterocycles. The van der Waals surface area contributed by atoms with Gasteiger partial charge in [0, 0.05) is 36.5 Å². The van der Waals surface area contributed by atoms with E-state index in [1.807, 2.05) is 30.5 Å². The molecule has 0 aliphatic carbocycles. The fourth-order valence-corrected chi connectivity index (χ4v) is 2.81. The van der Waals surface area contributed by atoms with Crippen molar-refractivity contribution in [3.63, 3.8) is 0 Å². The van der Waals surface area contributed by atoms with Gasteiger partial charge in [-0.05, 0) is 43.2 Å². The third-order valence-electron chi connectivity index (χ3n) is 3.99. The third-order valence-corrected chi connectivity index (χ3v) is 3.99. The number of fused-ring (bicyclic) bond motifs is 1. The van der Waals surface area contributed by atoms with Crippen LogP contribution in [0.25, 0.3) is 0 Å². The molecule has 4 heteroatoms. The number of nitrogens with zero attached hydrogens (tertiary/aromatic N) is 1. The minimum absolute atomic E-state index is 0.302. The van der Waals surface area contributed by atoms with Crippen LogP contribution in [0.4, 0.5) is 0 Å². The fraction of sp³-hybridized carbons (Fsp3) is 0.389. The first kappa shape index (κ1) is 14.9. The van der Waals surface area contributed by atoms with Gasteiger partial charge in [0.15, 0.2) is 0 Å². The Hall–Kier alpha value is -2.07. The second-order valence-electron chi connectivity index (χ2n) is 5.47. The topological polar surface area (TPSA) is 43.4 Å². The zero-order chi connectivity index (χ0) is 15.2. The van der Waals surface area contributed by atoms with E-state index >= 15 is 0 Å². The van der Waals surface area contributed by atoms with Crippen molar-refractivity contribution in [2.75, 3.05) is 20.3 Å². The Morgan fingerprint density at radius 3 is 3.09 bits per heavy atom. The molecule has 1 aromatic carbocycles. The SMILES string of the molecule is COc1ccc2c(c1)[C@H](NCCc1ccccn1)CCCO2. The number of hydrogen-bond donors (Lipinski definition) is 1. The van der Waals surface area contributed by atoms with Gasteiger partial charge in [0.2, 0.25) is 0 Å². The number of methoxy groups -OCH3 is 1. The van der Waals surface area contributed by atoms with Crippen molar-refractivity contribution in [2.24, 2.45) is 0 Å².